The molecule has 2 rings (SSSR count). The molecule has 0 bridgehead atoms. The third kappa shape index (κ3) is 2.19. The molecule has 0 amide bonds. The molecule has 10 heteroatoms. The quantitative estimate of drug-likeness (QED) is 0.546. The monoisotopic (exact) mass is 265 g/mol. The normalized spacial score (nSPS) is 11.5. The maximum atomic E-state index is 12.0. The Morgan fingerprint density at radius 2 is 2.05 bits per heavy atom. The summed E-state index contributed by atoms with van der Waals surface area (Å²) >= 11 is 0. The van der Waals surface area contributed by atoms with E-state index in [-0.39, 0.29) is 5.69 Å². The van der Waals surface area contributed by atoms with Crippen LogP contribution in [0.1, 0.15) is 26.5 Å². The minimum Gasteiger partial charge on any atom is -0.358 e. The minimum absolute atomic E-state index is 0.131. The number of nitrogens with zero attached hydrogens (tertiary/aromatic N) is 7. The highest BCUT2D eigenvalue weighted by Crippen LogP contribution is 2.28. The van der Waals surface area contributed by atoms with Gasteiger partial charge in [0.15, 0.2) is 5.69 Å². The first-order valence-corrected chi connectivity index (χ1v) is 5.34. The first-order valence-electron chi connectivity index (χ1n) is 5.34. The Balaban J connectivity index is 2.57. The highest BCUT2D eigenvalue weighted by molar-refractivity contribution is 5.79. The summed E-state index contributed by atoms with van der Waals surface area (Å²) < 4.78 is 1.45. The largest absolute Gasteiger partial charge is 0.464 e. The molecule has 2 heterocycles. The van der Waals surface area contributed by atoms with Gasteiger partial charge in [-0.3, -0.25) is 0 Å². The summed E-state index contributed by atoms with van der Waals surface area (Å²) in [5.74, 6) is -0.465. The highest BCUT2D eigenvalue weighted by Gasteiger charge is 2.36. The summed E-state index contributed by atoms with van der Waals surface area (Å²) in [7, 11) is 0. The Bertz CT molecular complexity index is 623. The van der Waals surface area contributed by atoms with E-state index in [1.165, 1.54) is 12.4 Å². The Kier molecular flexibility index (Phi) is 2.85. The van der Waals surface area contributed by atoms with Crippen molar-refractivity contribution in [3.05, 3.63) is 28.2 Å². The van der Waals surface area contributed by atoms with Crippen molar-refractivity contribution in [1.29, 1.82) is 0 Å². The topological polar surface area (TPSA) is 122 Å². The summed E-state index contributed by atoms with van der Waals surface area (Å²) in [6, 6.07) is -0.813. The molecule has 2 aromatic rings. The molecular formula is C9H11N7O3. The van der Waals surface area contributed by atoms with E-state index in [1.807, 2.05) is 0 Å². The summed E-state index contributed by atoms with van der Waals surface area (Å²) in [5.41, 5.74) is -0.477. The molecule has 100 valence electrons. The zero-order chi connectivity index (χ0) is 14.2. The maximum Gasteiger partial charge on any atom is 0.464 e. The van der Waals surface area contributed by atoms with Gasteiger partial charge in [0, 0.05) is 10.6 Å². The first kappa shape index (κ1) is 12.8. The highest BCUT2D eigenvalue weighted by atomic mass is 16.6. The second-order valence-corrected chi connectivity index (χ2v) is 4.81. The number of rotatable bonds is 1. The first-order chi connectivity index (χ1) is 8.82. The van der Waals surface area contributed by atoms with Crippen LogP contribution in [0.2, 0.25) is 0 Å². The van der Waals surface area contributed by atoms with Gasteiger partial charge < -0.3 is 10.1 Å². The summed E-state index contributed by atoms with van der Waals surface area (Å²) in [6.07, 6.45) is 2.55. The lowest BCUT2D eigenvalue weighted by atomic mass is 9.92. The molecule has 0 unspecified atom stereocenters. The molecule has 0 saturated heterocycles. The predicted molar refractivity (Wildman–Crippen MR) is 61.6 cm³/mol. The second kappa shape index (κ2) is 4.23. The molecule has 0 aliphatic heterocycles. The van der Waals surface area contributed by atoms with Gasteiger partial charge in [-0.05, 0) is 9.61 Å². The van der Waals surface area contributed by atoms with Crippen molar-refractivity contribution >= 4 is 11.8 Å². The fraction of sp³-hybridized carbons (Fsp3) is 0.444. The average Bonchev–Trinajstić information content (AvgIpc) is 2.96. The SMILES string of the molecule is CC(C)(C)c1nnn(C(=O)n2ccnn2)c1[N+](=O)[O-]. The van der Waals surface area contributed by atoms with E-state index >= 15 is 0 Å². The maximum absolute atomic E-state index is 12.0. The van der Waals surface area contributed by atoms with Gasteiger partial charge in [0.05, 0.1) is 12.4 Å². The zero-order valence-electron chi connectivity index (χ0n) is 10.5. The van der Waals surface area contributed by atoms with Crippen molar-refractivity contribution in [3.63, 3.8) is 0 Å². The molecular weight excluding hydrogens is 254 g/mol. The minimum atomic E-state index is -0.813. The van der Waals surface area contributed by atoms with E-state index in [0.717, 1.165) is 4.68 Å². The number of aromatic nitrogens is 6. The van der Waals surface area contributed by atoms with Crippen LogP contribution in [0, 0.1) is 10.1 Å². The number of hydrogen-bond donors (Lipinski definition) is 0. The van der Waals surface area contributed by atoms with Crippen LogP contribution in [-0.4, -0.2) is 40.9 Å². The van der Waals surface area contributed by atoms with E-state index in [2.05, 4.69) is 20.6 Å². The Hall–Kier alpha value is -2.65. The third-order valence-electron chi connectivity index (χ3n) is 2.33. The van der Waals surface area contributed by atoms with Crippen molar-refractivity contribution in [2.75, 3.05) is 0 Å². The summed E-state index contributed by atoms with van der Waals surface area (Å²) in [4.78, 5) is 22.4. The van der Waals surface area contributed by atoms with Crippen LogP contribution in [0.5, 0.6) is 0 Å². The molecule has 0 saturated carbocycles. The van der Waals surface area contributed by atoms with Crippen LogP contribution >= 0.6 is 0 Å². The van der Waals surface area contributed by atoms with Crippen molar-refractivity contribution < 1.29 is 9.72 Å². The molecule has 0 aromatic carbocycles. The second-order valence-electron chi connectivity index (χ2n) is 4.81. The fourth-order valence-corrected chi connectivity index (χ4v) is 1.46. The van der Waals surface area contributed by atoms with Gasteiger partial charge in [-0.2, -0.15) is 0 Å². The predicted octanol–water partition coefficient (Wildman–Crippen LogP) is 0.592. The lowest BCUT2D eigenvalue weighted by Gasteiger charge is -2.13. The van der Waals surface area contributed by atoms with Crippen molar-refractivity contribution in [2.45, 2.75) is 26.2 Å². The van der Waals surface area contributed by atoms with Crippen LogP contribution < -0.4 is 0 Å². The number of hydrogen-bond acceptors (Lipinski definition) is 7. The molecule has 0 fully saturated rings. The van der Waals surface area contributed by atoms with Gasteiger partial charge in [-0.15, -0.1) is 14.9 Å². The van der Waals surface area contributed by atoms with Crippen LogP contribution in [0.25, 0.3) is 0 Å². The molecule has 0 aliphatic rings. The van der Waals surface area contributed by atoms with E-state index in [1.54, 1.807) is 20.8 Å². The van der Waals surface area contributed by atoms with Gasteiger partial charge in [0.25, 0.3) is 0 Å². The Morgan fingerprint density at radius 3 is 2.53 bits per heavy atom. The molecule has 0 N–H and O–H groups in total. The van der Waals surface area contributed by atoms with Crippen LogP contribution in [0.15, 0.2) is 12.4 Å². The Labute approximate surface area is 107 Å². The zero-order valence-corrected chi connectivity index (χ0v) is 10.5. The molecule has 0 aliphatic carbocycles. The van der Waals surface area contributed by atoms with Gasteiger partial charge in [0.2, 0.25) is 0 Å². The molecule has 10 nitrogen and oxygen atoms in total. The van der Waals surface area contributed by atoms with Gasteiger partial charge >= 0.3 is 11.8 Å². The summed E-state index contributed by atoms with van der Waals surface area (Å²) in [5, 5.41) is 25.3. The van der Waals surface area contributed by atoms with Crippen LogP contribution in [0.3, 0.4) is 0 Å². The van der Waals surface area contributed by atoms with Gasteiger partial charge in [-0.1, -0.05) is 26.0 Å². The van der Waals surface area contributed by atoms with Crippen LogP contribution in [-0.2, 0) is 5.41 Å². The number of nitro groups is 1. The van der Waals surface area contributed by atoms with Gasteiger partial charge in [-0.25, -0.2) is 4.79 Å². The smallest absolute Gasteiger partial charge is 0.358 e. The third-order valence-corrected chi connectivity index (χ3v) is 2.33. The van der Waals surface area contributed by atoms with E-state index in [0.29, 0.717) is 4.68 Å². The number of carbonyl (C=O) groups is 1. The molecule has 0 spiro atoms. The molecule has 0 radical (unpaired) electrons. The average molecular weight is 265 g/mol. The van der Waals surface area contributed by atoms with Gasteiger partial charge in [0.1, 0.15) is 0 Å². The standard InChI is InChI=1S/C9H11N7O3/c1-9(2,3)6-7(16(18)19)15(13-11-6)8(17)14-5-4-10-12-14/h4-5H,1-3H3. The van der Waals surface area contributed by atoms with Crippen molar-refractivity contribution in [1.82, 2.24) is 30.0 Å². The van der Waals surface area contributed by atoms with E-state index in [9.17, 15) is 14.9 Å². The van der Waals surface area contributed by atoms with E-state index < -0.39 is 22.2 Å². The fourth-order valence-electron chi connectivity index (χ4n) is 1.46. The molecule has 0 atom stereocenters. The van der Waals surface area contributed by atoms with E-state index in [4.69, 9.17) is 0 Å². The van der Waals surface area contributed by atoms with Crippen molar-refractivity contribution in [2.24, 2.45) is 0 Å². The molecule has 19 heavy (non-hydrogen) atoms. The van der Waals surface area contributed by atoms with Crippen molar-refractivity contribution in [3.8, 4) is 0 Å². The number of carbonyl (C=O) groups excluding carboxylic acids is 1. The summed E-state index contributed by atoms with van der Waals surface area (Å²) in [6.45, 7) is 5.23. The molecule has 2 aromatic heterocycles. The lowest BCUT2D eigenvalue weighted by molar-refractivity contribution is -0.392. The lowest BCUT2D eigenvalue weighted by Crippen LogP contribution is -2.23. The Morgan fingerprint density at radius 1 is 1.37 bits per heavy atom. The van der Waals surface area contributed by atoms with Crippen LogP contribution in [0.4, 0.5) is 10.6 Å².